The Labute approximate surface area is 116 Å². The molecule has 0 unspecified atom stereocenters. The average molecular weight is 279 g/mol. The number of aliphatic carboxylic acids is 1. The van der Waals surface area contributed by atoms with Gasteiger partial charge < -0.3 is 21.5 Å². The lowest BCUT2D eigenvalue weighted by molar-refractivity contribution is -0.141. The number of para-hydroxylation sites is 1. The topological polar surface area (TPSA) is 122 Å². The monoisotopic (exact) mass is 279 g/mol. The Kier molecular flexibility index (Phi) is 6.02. The molecule has 1 rings (SSSR count). The first-order valence-electron chi connectivity index (χ1n) is 6.08. The van der Waals surface area contributed by atoms with Gasteiger partial charge in [0.2, 0.25) is 11.8 Å². The molecule has 7 nitrogen and oxygen atoms in total. The number of carbonyl (C=O) groups excluding carboxylic acids is 2. The molecule has 0 heterocycles. The van der Waals surface area contributed by atoms with Crippen LogP contribution in [0.4, 0.5) is 5.69 Å². The number of carboxylic acids is 1. The van der Waals surface area contributed by atoms with Gasteiger partial charge in [0.15, 0.2) is 0 Å². The molecule has 0 aliphatic carbocycles. The number of hydrogen-bond donors (Lipinski definition) is 4. The lowest BCUT2D eigenvalue weighted by Gasteiger charge is -2.14. The van der Waals surface area contributed by atoms with Crippen molar-refractivity contribution in [3.63, 3.8) is 0 Å². The zero-order valence-corrected chi connectivity index (χ0v) is 10.8. The van der Waals surface area contributed by atoms with Crippen molar-refractivity contribution in [2.75, 3.05) is 11.9 Å². The molecule has 5 N–H and O–H groups in total. The van der Waals surface area contributed by atoms with Crippen LogP contribution < -0.4 is 16.4 Å². The van der Waals surface area contributed by atoms with Crippen molar-refractivity contribution in [3.8, 4) is 0 Å². The van der Waals surface area contributed by atoms with E-state index in [9.17, 15) is 14.4 Å². The molecule has 108 valence electrons. The largest absolute Gasteiger partial charge is 0.480 e. The van der Waals surface area contributed by atoms with Crippen molar-refractivity contribution >= 4 is 23.5 Å². The van der Waals surface area contributed by atoms with E-state index in [1.165, 1.54) is 0 Å². The summed E-state index contributed by atoms with van der Waals surface area (Å²) in [5.74, 6) is -2.27. The van der Waals surface area contributed by atoms with Gasteiger partial charge in [0.05, 0.1) is 6.54 Å². The van der Waals surface area contributed by atoms with Crippen LogP contribution in [0.15, 0.2) is 30.3 Å². The summed E-state index contributed by atoms with van der Waals surface area (Å²) in [7, 11) is 0. The fourth-order valence-corrected chi connectivity index (χ4v) is 1.53. The van der Waals surface area contributed by atoms with Crippen molar-refractivity contribution in [3.05, 3.63) is 30.3 Å². The second-order valence-electron chi connectivity index (χ2n) is 4.18. The number of amides is 2. The molecule has 0 aromatic heterocycles. The Hall–Kier alpha value is -2.57. The number of primary amides is 1. The number of benzene rings is 1. The molecule has 2 amide bonds. The number of nitrogens with one attached hydrogen (secondary N) is 2. The summed E-state index contributed by atoms with van der Waals surface area (Å²) in [6, 6.07) is 7.92. The van der Waals surface area contributed by atoms with Gasteiger partial charge in [-0.2, -0.15) is 0 Å². The fourth-order valence-electron chi connectivity index (χ4n) is 1.53. The maximum atomic E-state index is 11.6. The van der Waals surface area contributed by atoms with Gasteiger partial charge in [-0.25, -0.2) is 4.79 Å². The van der Waals surface area contributed by atoms with Crippen molar-refractivity contribution < 1.29 is 19.5 Å². The molecule has 0 saturated heterocycles. The fraction of sp³-hybridized carbons (Fsp3) is 0.308. The summed E-state index contributed by atoms with van der Waals surface area (Å²) in [6.45, 7) is -0.0512. The Morgan fingerprint density at radius 2 is 1.85 bits per heavy atom. The van der Waals surface area contributed by atoms with Crippen LogP contribution in [0.2, 0.25) is 0 Å². The minimum Gasteiger partial charge on any atom is -0.480 e. The Balaban J connectivity index is 2.41. The van der Waals surface area contributed by atoms with Crippen LogP contribution in [-0.2, 0) is 14.4 Å². The molecule has 0 aliphatic rings. The van der Waals surface area contributed by atoms with Crippen LogP contribution in [-0.4, -0.2) is 35.5 Å². The highest BCUT2D eigenvalue weighted by Crippen LogP contribution is 2.04. The second kappa shape index (κ2) is 7.78. The van der Waals surface area contributed by atoms with Crippen LogP contribution >= 0.6 is 0 Å². The summed E-state index contributed by atoms with van der Waals surface area (Å²) in [6.07, 6.45) is -0.120. The van der Waals surface area contributed by atoms with Gasteiger partial charge in [-0.1, -0.05) is 18.2 Å². The Bertz CT molecular complexity index is 476. The van der Waals surface area contributed by atoms with Gasteiger partial charge in [-0.05, 0) is 18.6 Å². The molecule has 1 aromatic carbocycles. The van der Waals surface area contributed by atoms with E-state index in [0.29, 0.717) is 0 Å². The van der Waals surface area contributed by atoms with E-state index >= 15 is 0 Å². The summed E-state index contributed by atoms with van der Waals surface area (Å²) in [4.78, 5) is 33.2. The van der Waals surface area contributed by atoms with Crippen molar-refractivity contribution in [1.29, 1.82) is 0 Å². The molecular weight excluding hydrogens is 262 g/mol. The summed E-state index contributed by atoms with van der Waals surface area (Å²) >= 11 is 0. The van der Waals surface area contributed by atoms with Gasteiger partial charge in [0.25, 0.3) is 0 Å². The summed E-state index contributed by atoms with van der Waals surface area (Å²) in [5, 5.41) is 14.1. The molecule has 0 aliphatic heterocycles. The third kappa shape index (κ3) is 5.85. The number of rotatable bonds is 8. The lowest BCUT2D eigenvalue weighted by atomic mass is 10.1. The SMILES string of the molecule is NC(=O)CC[C@H](NC(=O)CNc1ccccc1)C(=O)O. The maximum absolute atomic E-state index is 11.6. The average Bonchev–Trinajstić information content (AvgIpc) is 2.41. The molecule has 7 heteroatoms. The number of carboxylic acid groups (broad SMARTS) is 1. The molecule has 1 aromatic rings. The highest BCUT2D eigenvalue weighted by molar-refractivity contribution is 5.86. The molecule has 0 radical (unpaired) electrons. The minimum absolute atomic E-state index is 0.0260. The predicted octanol–water partition coefficient (Wildman–Crippen LogP) is -0.0666. The van der Waals surface area contributed by atoms with Crippen LogP contribution in [0, 0.1) is 0 Å². The number of anilines is 1. The molecule has 0 saturated carbocycles. The van der Waals surface area contributed by atoms with E-state index in [0.717, 1.165) is 5.69 Å². The normalized spacial score (nSPS) is 11.4. The molecule has 0 fully saturated rings. The van der Waals surface area contributed by atoms with Crippen LogP contribution in [0.3, 0.4) is 0 Å². The third-order valence-corrected chi connectivity index (χ3v) is 2.54. The smallest absolute Gasteiger partial charge is 0.326 e. The van der Waals surface area contributed by atoms with Crippen LogP contribution in [0.1, 0.15) is 12.8 Å². The molecule has 0 spiro atoms. The van der Waals surface area contributed by atoms with Crippen LogP contribution in [0.5, 0.6) is 0 Å². The maximum Gasteiger partial charge on any atom is 0.326 e. The summed E-state index contributed by atoms with van der Waals surface area (Å²) < 4.78 is 0. The lowest BCUT2D eigenvalue weighted by Crippen LogP contribution is -2.43. The summed E-state index contributed by atoms with van der Waals surface area (Å²) in [5.41, 5.74) is 5.71. The van der Waals surface area contributed by atoms with Gasteiger partial charge in [-0.3, -0.25) is 9.59 Å². The van der Waals surface area contributed by atoms with E-state index in [1.54, 1.807) is 12.1 Å². The van der Waals surface area contributed by atoms with Crippen molar-refractivity contribution in [2.45, 2.75) is 18.9 Å². The highest BCUT2D eigenvalue weighted by Gasteiger charge is 2.20. The van der Waals surface area contributed by atoms with Crippen molar-refractivity contribution in [2.24, 2.45) is 5.73 Å². The first-order chi connectivity index (χ1) is 9.49. The first-order valence-corrected chi connectivity index (χ1v) is 6.08. The van der Waals surface area contributed by atoms with E-state index in [1.807, 2.05) is 18.2 Å². The van der Waals surface area contributed by atoms with Gasteiger partial charge in [0, 0.05) is 12.1 Å². The minimum atomic E-state index is -1.20. The van der Waals surface area contributed by atoms with Crippen molar-refractivity contribution in [1.82, 2.24) is 5.32 Å². The van der Waals surface area contributed by atoms with E-state index in [-0.39, 0.29) is 19.4 Å². The molecule has 1 atom stereocenters. The van der Waals surface area contributed by atoms with Gasteiger partial charge in [0.1, 0.15) is 6.04 Å². The quantitative estimate of drug-likeness (QED) is 0.531. The Morgan fingerprint density at radius 1 is 1.20 bits per heavy atom. The van der Waals surface area contributed by atoms with Gasteiger partial charge >= 0.3 is 5.97 Å². The van der Waals surface area contributed by atoms with E-state index < -0.39 is 23.8 Å². The predicted molar refractivity (Wildman–Crippen MR) is 72.9 cm³/mol. The number of nitrogens with two attached hydrogens (primary N) is 1. The highest BCUT2D eigenvalue weighted by atomic mass is 16.4. The Morgan fingerprint density at radius 3 is 2.40 bits per heavy atom. The zero-order valence-electron chi connectivity index (χ0n) is 10.8. The number of hydrogen-bond acceptors (Lipinski definition) is 4. The van der Waals surface area contributed by atoms with Gasteiger partial charge in [-0.15, -0.1) is 0 Å². The standard InChI is InChI=1S/C13H17N3O4/c14-11(17)7-6-10(13(19)20)16-12(18)8-15-9-4-2-1-3-5-9/h1-5,10,15H,6-8H2,(H2,14,17)(H,16,18)(H,19,20)/t10-/m0/s1. The second-order valence-corrected chi connectivity index (χ2v) is 4.18. The molecular formula is C13H17N3O4. The van der Waals surface area contributed by atoms with E-state index in [4.69, 9.17) is 10.8 Å². The molecule has 0 bridgehead atoms. The van der Waals surface area contributed by atoms with E-state index in [2.05, 4.69) is 10.6 Å². The first kappa shape index (κ1) is 15.5. The molecule has 20 heavy (non-hydrogen) atoms. The zero-order chi connectivity index (χ0) is 15.0. The number of carbonyl (C=O) groups is 3. The third-order valence-electron chi connectivity index (χ3n) is 2.54. The van der Waals surface area contributed by atoms with Crippen LogP contribution in [0.25, 0.3) is 0 Å².